The van der Waals surface area contributed by atoms with Gasteiger partial charge in [-0.15, -0.1) is 0 Å². The van der Waals surface area contributed by atoms with Gasteiger partial charge in [0.1, 0.15) is 0 Å². The number of hydrogen-bond acceptors (Lipinski definition) is 5. The molecule has 0 unspecified atom stereocenters. The number of hydrogen-bond donors (Lipinski definition) is 1. The Balaban J connectivity index is 2.90. The van der Waals surface area contributed by atoms with Gasteiger partial charge in [0.15, 0.2) is 0 Å². The quantitative estimate of drug-likeness (QED) is 0.739. The van der Waals surface area contributed by atoms with E-state index in [-0.39, 0.29) is 10.9 Å². The standard InChI is InChI=1S/C11H10N2O5/c1-6-4-3-5-7-8(6)9(14)18-11(16)13(7)10(15)12-17-2/h3-5H,1-2H3,(H,12,15). The fourth-order valence-corrected chi connectivity index (χ4v) is 1.70. The topological polar surface area (TPSA) is 90.5 Å². The van der Waals surface area contributed by atoms with Crippen LogP contribution in [0.4, 0.5) is 4.79 Å². The van der Waals surface area contributed by atoms with E-state index >= 15 is 0 Å². The van der Waals surface area contributed by atoms with Crippen molar-refractivity contribution in [3.63, 3.8) is 0 Å². The first-order chi connectivity index (χ1) is 8.56. The first-order valence-electron chi connectivity index (χ1n) is 5.05. The van der Waals surface area contributed by atoms with Crippen LogP contribution in [-0.4, -0.2) is 17.7 Å². The first-order valence-corrected chi connectivity index (χ1v) is 5.05. The van der Waals surface area contributed by atoms with Crippen molar-refractivity contribution in [1.82, 2.24) is 10.0 Å². The molecule has 0 bridgehead atoms. The average Bonchev–Trinajstić information content (AvgIpc) is 2.28. The predicted octanol–water partition coefficient (Wildman–Crippen LogP) is 0.382. The van der Waals surface area contributed by atoms with Gasteiger partial charge in [0, 0.05) is 0 Å². The molecule has 0 aliphatic carbocycles. The van der Waals surface area contributed by atoms with Gasteiger partial charge in [-0.3, -0.25) is 4.84 Å². The zero-order chi connectivity index (χ0) is 13.3. The molecule has 0 spiro atoms. The summed E-state index contributed by atoms with van der Waals surface area (Å²) < 4.78 is 5.21. The molecule has 0 aliphatic rings. The number of carbonyl (C=O) groups is 1. The molecule has 7 nitrogen and oxygen atoms in total. The Labute approximate surface area is 101 Å². The van der Waals surface area contributed by atoms with Crippen molar-refractivity contribution in [2.45, 2.75) is 6.92 Å². The number of fused-ring (bicyclic) bond motifs is 1. The van der Waals surface area contributed by atoms with Crippen LogP contribution >= 0.6 is 0 Å². The van der Waals surface area contributed by atoms with Crippen molar-refractivity contribution in [1.29, 1.82) is 0 Å². The van der Waals surface area contributed by atoms with Crippen LogP contribution in [0, 0.1) is 6.92 Å². The minimum Gasteiger partial charge on any atom is -0.372 e. The zero-order valence-corrected chi connectivity index (χ0v) is 9.72. The van der Waals surface area contributed by atoms with Crippen molar-refractivity contribution in [2.24, 2.45) is 0 Å². The second kappa shape index (κ2) is 4.46. The van der Waals surface area contributed by atoms with Gasteiger partial charge in [0.2, 0.25) is 0 Å². The largest absolute Gasteiger partial charge is 0.430 e. The predicted molar refractivity (Wildman–Crippen MR) is 62.4 cm³/mol. The van der Waals surface area contributed by atoms with Crippen molar-refractivity contribution in [3.05, 3.63) is 44.7 Å². The summed E-state index contributed by atoms with van der Waals surface area (Å²) in [5.74, 6) is -1.06. The molecule has 1 aromatic carbocycles. The highest BCUT2D eigenvalue weighted by atomic mass is 16.6. The van der Waals surface area contributed by atoms with E-state index in [1.54, 1.807) is 19.1 Å². The highest BCUT2D eigenvalue weighted by Gasteiger charge is 2.16. The third kappa shape index (κ3) is 1.80. The monoisotopic (exact) mass is 250 g/mol. The lowest BCUT2D eigenvalue weighted by Crippen LogP contribution is -2.37. The summed E-state index contributed by atoms with van der Waals surface area (Å²) in [5.41, 5.74) is 2.01. The number of carbonyl (C=O) groups excluding carboxylic acids is 1. The summed E-state index contributed by atoms with van der Waals surface area (Å²) in [7, 11) is 1.23. The Hall–Kier alpha value is -2.41. The summed E-state index contributed by atoms with van der Waals surface area (Å²) in [4.78, 5) is 39.3. The van der Waals surface area contributed by atoms with Crippen LogP contribution in [-0.2, 0) is 4.84 Å². The molecule has 0 radical (unpaired) electrons. The number of hydroxylamine groups is 1. The lowest BCUT2D eigenvalue weighted by molar-refractivity contribution is 0.107. The van der Waals surface area contributed by atoms with E-state index in [1.807, 2.05) is 5.48 Å². The highest BCUT2D eigenvalue weighted by Crippen LogP contribution is 2.12. The van der Waals surface area contributed by atoms with Crippen molar-refractivity contribution >= 4 is 16.9 Å². The van der Waals surface area contributed by atoms with Crippen molar-refractivity contribution in [3.8, 4) is 0 Å². The maximum atomic E-state index is 11.7. The van der Waals surface area contributed by atoms with E-state index in [0.717, 1.165) is 0 Å². The number of nitrogens with zero attached hydrogens (tertiary/aromatic N) is 1. The van der Waals surface area contributed by atoms with Crippen LogP contribution in [0.2, 0.25) is 0 Å². The molecule has 94 valence electrons. The molecule has 0 saturated heterocycles. The average molecular weight is 250 g/mol. The Morgan fingerprint density at radius 1 is 1.39 bits per heavy atom. The Morgan fingerprint density at radius 3 is 2.78 bits per heavy atom. The molecule has 7 heteroatoms. The Morgan fingerprint density at radius 2 is 2.11 bits per heavy atom. The zero-order valence-electron chi connectivity index (χ0n) is 9.72. The second-order valence-corrected chi connectivity index (χ2v) is 3.57. The lowest BCUT2D eigenvalue weighted by atomic mass is 10.1. The highest BCUT2D eigenvalue weighted by molar-refractivity contribution is 5.90. The van der Waals surface area contributed by atoms with Gasteiger partial charge in [-0.05, 0) is 18.6 Å². The first kappa shape index (κ1) is 12.1. The summed E-state index contributed by atoms with van der Waals surface area (Å²) in [5, 5.41) is 0.184. The third-order valence-corrected chi connectivity index (χ3v) is 2.45. The van der Waals surface area contributed by atoms with E-state index < -0.39 is 17.4 Å². The number of benzene rings is 1. The van der Waals surface area contributed by atoms with E-state index in [2.05, 4.69) is 9.25 Å². The van der Waals surface area contributed by atoms with Gasteiger partial charge in [-0.1, -0.05) is 12.1 Å². The maximum Gasteiger partial charge on any atom is 0.430 e. The molecule has 0 atom stereocenters. The lowest BCUT2D eigenvalue weighted by Gasteiger charge is -2.08. The minimum absolute atomic E-state index is 0.172. The number of aryl methyl sites for hydroxylation is 1. The van der Waals surface area contributed by atoms with Crippen LogP contribution in [0.1, 0.15) is 5.56 Å². The molecule has 1 N–H and O–H groups in total. The molecular formula is C11H10N2O5. The Bertz CT molecular complexity index is 728. The maximum absolute atomic E-state index is 11.7. The number of nitrogens with one attached hydrogen (secondary N) is 1. The molecule has 1 aromatic heterocycles. The van der Waals surface area contributed by atoms with Gasteiger partial charge in [-0.2, -0.15) is 4.57 Å². The normalized spacial score (nSPS) is 10.6. The summed E-state index contributed by atoms with van der Waals surface area (Å²) >= 11 is 0. The van der Waals surface area contributed by atoms with Crippen LogP contribution in [0.3, 0.4) is 0 Å². The van der Waals surface area contributed by atoms with E-state index in [9.17, 15) is 14.4 Å². The molecule has 2 rings (SSSR count). The second-order valence-electron chi connectivity index (χ2n) is 3.57. The fraction of sp³-hybridized carbons (Fsp3) is 0.182. The van der Waals surface area contributed by atoms with Gasteiger partial charge in [-0.25, -0.2) is 19.9 Å². The van der Waals surface area contributed by atoms with Crippen molar-refractivity contribution < 1.29 is 14.0 Å². The molecule has 0 fully saturated rings. The molecule has 0 saturated carbocycles. The number of rotatable bonds is 1. The number of aromatic nitrogens is 1. The van der Waals surface area contributed by atoms with E-state index in [4.69, 9.17) is 0 Å². The van der Waals surface area contributed by atoms with E-state index in [0.29, 0.717) is 10.1 Å². The summed E-state index contributed by atoms with van der Waals surface area (Å²) in [6, 6.07) is 3.97. The molecule has 2 aromatic rings. The van der Waals surface area contributed by atoms with Gasteiger partial charge < -0.3 is 4.42 Å². The van der Waals surface area contributed by atoms with Crippen LogP contribution in [0.15, 0.2) is 32.2 Å². The summed E-state index contributed by atoms with van der Waals surface area (Å²) in [6.45, 7) is 1.68. The SMILES string of the molecule is CONC(=O)n1c(=O)oc(=O)c2c(C)cccc21. The fourth-order valence-electron chi connectivity index (χ4n) is 1.70. The summed E-state index contributed by atoms with van der Waals surface area (Å²) in [6.07, 6.45) is 0. The molecule has 0 aliphatic heterocycles. The number of amides is 1. The van der Waals surface area contributed by atoms with Crippen molar-refractivity contribution in [2.75, 3.05) is 7.11 Å². The minimum atomic E-state index is -1.06. The third-order valence-electron chi connectivity index (χ3n) is 2.45. The smallest absolute Gasteiger partial charge is 0.372 e. The molecule has 1 heterocycles. The molecule has 1 amide bonds. The Kier molecular flexibility index (Phi) is 2.99. The van der Waals surface area contributed by atoms with Gasteiger partial charge in [0.25, 0.3) is 0 Å². The van der Waals surface area contributed by atoms with Gasteiger partial charge in [0.05, 0.1) is 18.0 Å². The van der Waals surface area contributed by atoms with Crippen LogP contribution < -0.4 is 16.9 Å². The molecule has 18 heavy (non-hydrogen) atoms. The van der Waals surface area contributed by atoms with Crippen LogP contribution in [0.25, 0.3) is 10.9 Å². The van der Waals surface area contributed by atoms with Crippen LogP contribution in [0.5, 0.6) is 0 Å². The van der Waals surface area contributed by atoms with E-state index in [1.165, 1.54) is 13.2 Å². The van der Waals surface area contributed by atoms with Gasteiger partial charge >= 0.3 is 17.4 Å². The molecular weight excluding hydrogens is 240 g/mol.